The molecule has 0 unspecified atom stereocenters. The van der Waals surface area contributed by atoms with Gasteiger partial charge in [0.1, 0.15) is 0 Å². The van der Waals surface area contributed by atoms with Crippen LogP contribution in [0.15, 0.2) is 42.5 Å². The summed E-state index contributed by atoms with van der Waals surface area (Å²) in [5.74, 6) is -0.314. The Morgan fingerprint density at radius 1 is 0.880 bits per heavy atom. The van der Waals surface area contributed by atoms with Gasteiger partial charge in [-0.3, -0.25) is 9.59 Å². The van der Waals surface area contributed by atoms with Gasteiger partial charge < -0.3 is 10.6 Å². The topological polar surface area (TPSA) is 58.2 Å². The lowest BCUT2D eigenvalue weighted by atomic mass is 10.0. The van der Waals surface area contributed by atoms with Crippen LogP contribution in [0.3, 0.4) is 0 Å². The SMILES string of the molecule is CCCNC(=O)c1cc(C)cc(C(=O)NCc2cccc(CC)c2)c1. The van der Waals surface area contributed by atoms with E-state index in [0.29, 0.717) is 24.2 Å². The first-order chi connectivity index (χ1) is 12.0. The highest BCUT2D eigenvalue weighted by Crippen LogP contribution is 2.11. The van der Waals surface area contributed by atoms with Crippen molar-refractivity contribution in [3.8, 4) is 0 Å². The third-order valence-electron chi connectivity index (χ3n) is 3.99. The summed E-state index contributed by atoms with van der Waals surface area (Å²) in [6.45, 7) is 7.09. The Morgan fingerprint density at radius 2 is 1.52 bits per heavy atom. The van der Waals surface area contributed by atoms with Crippen molar-refractivity contribution in [3.05, 3.63) is 70.3 Å². The van der Waals surface area contributed by atoms with Gasteiger partial charge in [-0.15, -0.1) is 0 Å². The molecule has 0 atom stereocenters. The van der Waals surface area contributed by atoms with Crippen molar-refractivity contribution in [1.29, 1.82) is 0 Å². The molecule has 4 heteroatoms. The van der Waals surface area contributed by atoms with Crippen molar-refractivity contribution >= 4 is 11.8 Å². The second-order valence-electron chi connectivity index (χ2n) is 6.20. The van der Waals surface area contributed by atoms with Crippen molar-refractivity contribution in [2.45, 2.75) is 40.2 Å². The molecule has 0 aromatic heterocycles. The lowest BCUT2D eigenvalue weighted by molar-refractivity contribution is 0.0950. The molecule has 132 valence electrons. The Bertz CT molecular complexity index is 753. The molecule has 0 fully saturated rings. The molecule has 2 N–H and O–H groups in total. The number of rotatable bonds is 7. The molecule has 0 aliphatic heterocycles. The molecular formula is C21H26N2O2. The summed E-state index contributed by atoms with van der Waals surface area (Å²) in [5, 5.41) is 5.77. The minimum Gasteiger partial charge on any atom is -0.352 e. The maximum absolute atomic E-state index is 12.5. The average Bonchev–Trinajstić information content (AvgIpc) is 2.63. The Balaban J connectivity index is 2.07. The molecule has 0 aliphatic rings. The Hall–Kier alpha value is -2.62. The van der Waals surface area contributed by atoms with Gasteiger partial charge in [0.05, 0.1) is 0 Å². The molecule has 2 rings (SSSR count). The van der Waals surface area contributed by atoms with E-state index in [0.717, 1.165) is 24.0 Å². The summed E-state index contributed by atoms with van der Waals surface area (Å²) in [5.41, 5.74) is 4.24. The van der Waals surface area contributed by atoms with Gasteiger partial charge in [0.25, 0.3) is 11.8 Å². The minimum atomic E-state index is -0.171. The average molecular weight is 338 g/mol. The van der Waals surface area contributed by atoms with Gasteiger partial charge >= 0.3 is 0 Å². The van der Waals surface area contributed by atoms with Crippen LogP contribution in [0, 0.1) is 6.92 Å². The molecule has 2 amide bonds. The van der Waals surface area contributed by atoms with Crippen LogP contribution in [0.4, 0.5) is 0 Å². The minimum absolute atomic E-state index is 0.143. The molecule has 25 heavy (non-hydrogen) atoms. The smallest absolute Gasteiger partial charge is 0.251 e. The summed E-state index contributed by atoms with van der Waals surface area (Å²) in [7, 11) is 0. The summed E-state index contributed by atoms with van der Waals surface area (Å²) in [6.07, 6.45) is 1.84. The van der Waals surface area contributed by atoms with Gasteiger partial charge in [-0.1, -0.05) is 38.1 Å². The van der Waals surface area contributed by atoms with E-state index in [1.165, 1.54) is 5.56 Å². The molecule has 0 spiro atoms. The number of hydrogen-bond acceptors (Lipinski definition) is 2. The number of aryl methyl sites for hydroxylation is 2. The molecule has 0 aliphatic carbocycles. The fourth-order valence-electron chi connectivity index (χ4n) is 2.63. The molecule has 2 aromatic carbocycles. The monoisotopic (exact) mass is 338 g/mol. The number of amides is 2. The van der Waals surface area contributed by atoms with Crippen LogP contribution >= 0.6 is 0 Å². The number of carbonyl (C=O) groups excluding carboxylic acids is 2. The van der Waals surface area contributed by atoms with Crippen LogP contribution < -0.4 is 10.6 Å². The van der Waals surface area contributed by atoms with E-state index < -0.39 is 0 Å². The van der Waals surface area contributed by atoms with Crippen molar-refractivity contribution in [2.75, 3.05) is 6.54 Å². The summed E-state index contributed by atoms with van der Waals surface area (Å²) >= 11 is 0. The highest BCUT2D eigenvalue weighted by molar-refractivity contribution is 6.00. The molecule has 4 nitrogen and oxygen atoms in total. The van der Waals surface area contributed by atoms with Crippen molar-refractivity contribution in [1.82, 2.24) is 10.6 Å². The zero-order valence-corrected chi connectivity index (χ0v) is 15.2. The second-order valence-corrected chi connectivity index (χ2v) is 6.20. The number of hydrogen-bond donors (Lipinski definition) is 2. The lowest BCUT2D eigenvalue weighted by Gasteiger charge is -2.10. The van der Waals surface area contributed by atoms with Gasteiger partial charge in [-0.2, -0.15) is 0 Å². The van der Waals surface area contributed by atoms with Gasteiger partial charge in [0.15, 0.2) is 0 Å². The van der Waals surface area contributed by atoms with E-state index in [2.05, 4.69) is 29.7 Å². The lowest BCUT2D eigenvalue weighted by Crippen LogP contribution is -2.26. The van der Waals surface area contributed by atoms with E-state index in [-0.39, 0.29) is 11.8 Å². The Labute approximate surface area is 149 Å². The highest BCUT2D eigenvalue weighted by Gasteiger charge is 2.11. The third kappa shape index (κ3) is 5.45. The van der Waals surface area contributed by atoms with Gasteiger partial charge in [0, 0.05) is 24.2 Å². The maximum Gasteiger partial charge on any atom is 0.251 e. The van der Waals surface area contributed by atoms with E-state index in [1.54, 1.807) is 18.2 Å². The van der Waals surface area contributed by atoms with Crippen LogP contribution in [0.2, 0.25) is 0 Å². The van der Waals surface area contributed by atoms with Gasteiger partial charge in [-0.25, -0.2) is 0 Å². The second kappa shape index (κ2) is 9.02. The number of nitrogens with one attached hydrogen (secondary N) is 2. The van der Waals surface area contributed by atoms with Gasteiger partial charge in [0.2, 0.25) is 0 Å². The fraction of sp³-hybridized carbons (Fsp3) is 0.333. The summed E-state index contributed by atoms with van der Waals surface area (Å²) < 4.78 is 0. The largest absolute Gasteiger partial charge is 0.352 e. The predicted octanol–water partition coefficient (Wildman–Crippen LogP) is 3.63. The molecule has 2 aromatic rings. The first-order valence-electron chi connectivity index (χ1n) is 8.79. The maximum atomic E-state index is 12.5. The molecule has 0 heterocycles. The molecule has 0 saturated heterocycles. The van der Waals surface area contributed by atoms with Crippen LogP contribution in [0.1, 0.15) is 57.7 Å². The van der Waals surface area contributed by atoms with E-state index in [1.807, 2.05) is 26.0 Å². The number of benzene rings is 2. The molecular weight excluding hydrogens is 312 g/mol. The summed E-state index contributed by atoms with van der Waals surface area (Å²) in [6, 6.07) is 13.4. The standard InChI is InChI=1S/C21H26N2O2/c1-4-9-22-20(24)18-10-15(3)11-19(13-18)21(25)23-14-17-8-6-7-16(5-2)12-17/h6-8,10-13H,4-5,9,14H2,1-3H3,(H,22,24)(H,23,25). The first kappa shape index (κ1) is 18.7. The van der Waals surface area contributed by atoms with Crippen molar-refractivity contribution in [3.63, 3.8) is 0 Å². The van der Waals surface area contributed by atoms with Crippen molar-refractivity contribution in [2.24, 2.45) is 0 Å². The molecule has 0 bridgehead atoms. The number of carbonyl (C=O) groups is 2. The van der Waals surface area contributed by atoms with Gasteiger partial charge in [-0.05, 0) is 54.7 Å². The van der Waals surface area contributed by atoms with Crippen LogP contribution in [0.25, 0.3) is 0 Å². The normalized spacial score (nSPS) is 10.4. The quantitative estimate of drug-likeness (QED) is 0.810. The Morgan fingerprint density at radius 3 is 2.16 bits per heavy atom. The molecule has 0 saturated carbocycles. The fourth-order valence-corrected chi connectivity index (χ4v) is 2.63. The van der Waals surface area contributed by atoms with Crippen molar-refractivity contribution < 1.29 is 9.59 Å². The predicted molar refractivity (Wildman–Crippen MR) is 101 cm³/mol. The van der Waals surface area contributed by atoms with Crippen LogP contribution in [0.5, 0.6) is 0 Å². The molecule has 0 radical (unpaired) electrons. The summed E-state index contributed by atoms with van der Waals surface area (Å²) in [4.78, 5) is 24.6. The first-order valence-corrected chi connectivity index (χ1v) is 8.79. The van der Waals surface area contributed by atoms with E-state index in [4.69, 9.17) is 0 Å². The third-order valence-corrected chi connectivity index (χ3v) is 3.99. The van der Waals surface area contributed by atoms with Crippen LogP contribution in [-0.4, -0.2) is 18.4 Å². The zero-order chi connectivity index (χ0) is 18.2. The Kier molecular flexibility index (Phi) is 6.75. The van der Waals surface area contributed by atoms with Crippen LogP contribution in [-0.2, 0) is 13.0 Å². The highest BCUT2D eigenvalue weighted by atomic mass is 16.2. The zero-order valence-electron chi connectivity index (χ0n) is 15.2. The van der Waals surface area contributed by atoms with E-state index >= 15 is 0 Å². The van der Waals surface area contributed by atoms with E-state index in [9.17, 15) is 9.59 Å².